The molecule has 1 saturated heterocycles. The predicted octanol–water partition coefficient (Wildman–Crippen LogP) is 1.44. The van der Waals surface area contributed by atoms with E-state index in [1.54, 1.807) is 15.1 Å². The van der Waals surface area contributed by atoms with E-state index in [1.807, 2.05) is 16.9 Å². The molecule has 26 heavy (non-hydrogen) atoms. The zero-order valence-electron chi connectivity index (χ0n) is 14.3. The van der Waals surface area contributed by atoms with Crippen LogP contribution in [0.1, 0.15) is 36.4 Å². The van der Waals surface area contributed by atoms with Gasteiger partial charge in [-0.25, -0.2) is 17.9 Å². The number of sulfonamides is 1. The molecule has 3 aromatic rings. The Morgan fingerprint density at radius 3 is 2.77 bits per heavy atom. The first kappa shape index (κ1) is 16.0. The van der Waals surface area contributed by atoms with Crippen LogP contribution in [0.2, 0.25) is 0 Å². The summed E-state index contributed by atoms with van der Waals surface area (Å²) in [6, 6.07) is 4.03. The number of rotatable bonds is 3. The highest BCUT2D eigenvalue weighted by molar-refractivity contribution is 7.89. The van der Waals surface area contributed by atoms with Crippen LogP contribution in [0.3, 0.4) is 0 Å². The van der Waals surface area contributed by atoms with Crippen molar-refractivity contribution in [1.29, 1.82) is 0 Å². The van der Waals surface area contributed by atoms with Gasteiger partial charge in [-0.3, -0.25) is 4.68 Å². The Morgan fingerprint density at radius 1 is 1.08 bits per heavy atom. The number of aromatic nitrogens is 5. The van der Waals surface area contributed by atoms with E-state index in [1.165, 1.54) is 11.8 Å². The molecule has 0 unspecified atom stereocenters. The normalized spacial score (nSPS) is 19.2. The van der Waals surface area contributed by atoms with E-state index >= 15 is 0 Å². The zero-order chi connectivity index (χ0) is 17.7. The van der Waals surface area contributed by atoms with Gasteiger partial charge in [0.25, 0.3) is 0 Å². The van der Waals surface area contributed by atoms with Crippen molar-refractivity contribution in [2.24, 2.45) is 0 Å². The molecule has 0 radical (unpaired) electrons. The van der Waals surface area contributed by atoms with Crippen molar-refractivity contribution in [3.05, 3.63) is 42.1 Å². The molecule has 0 amide bonds. The fourth-order valence-electron chi connectivity index (χ4n) is 4.09. The van der Waals surface area contributed by atoms with Crippen molar-refractivity contribution in [1.82, 2.24) is 28.7 Å². The van der Waals surface area contributed by atoms with Crippen molar-refractivity contribution in [2.45, 2.75) is 43.0 Å². The van der Waals surface area contributed by atoms with Crippen LogP contribution >= 0.6 is 0 Å². The first-order chi connectivity index (χ1) is 12.6. The fraction of sp³-hybridized carbons (Fsp3) is 0.471. The van der Waals surface area contributed by atoms with Crippen molar-refractivity contribution < 1.29 is 8.42 Å². The summed E-state index contributed by atoms with van der Waals surface area (Å²) in [5.41, 5.74) is 2.87. The van der Waals surface area contributed by atoms with Gasteiger partial charge in [-0.15, -0.1) is 0 Å². The van der Waals surface area contributed by atoms with E-state index in [4.69, 9.17) is 0 Å². The van der Waals surface area contributed by atoms with Crippen molar-refractivity contribution >= 4 is 15.7 Å². The summed E-state index contributed by atoms with van der Waals surface area (Å²) < 4.78 is 31.3. The SMILES string of the molecule is O=S(=O)(c1cnn2c1CCC2)N1CCC(c2ccc3ncnn3c2)CC1. The summed E-state index contributed by atoms with van der Waals surface area (Å²) in [5, 5.41) is 8.42. The molecule has 0 bridgehead atoms. The molecule has 0 aromatic carbocycles. The number of hydrogen-bond acceptors (Lipinski definition) is 5. The average Bonchev–Trinajstić information content (AvgIpc) is 3.37. The van der Waals surface area contributed by atoms with Crippen LogP contribution < -0.4 is 0 Å². The monoisotopic (exact) mass is 372 g/mol. The van der Waals surface area contributed by atoms with E-state index in [-0.39, 0.29) is 0 Å². The maximum Gasteiger partial charge on any atom is 0.246 e. The van der Waals surface area contributed by atoms with Gasteiger partial charge in [0.1, 0.15) is 11.2 Å². The Morgan fingerprint density at radius 2 is 1.92 bits per heavy atom. The topological polar surface area (TPSA) is 85.4 Å². The number of aryl methyl sites for hydroxylation is 1. The van der Waals surface area contributed by atoms with Crippen LogP contribution in [0.5, 0.6) is 0 Å². The van der Waals surface area contributed by atoms with E-state index in [0.29, 0.717) is 23.9 Å². The van der Waals surface area contributed by atoms with Gasteiger partial charge in [0, 0.05) is 25.8 Å². The van der Waals surface area contributed by atoms with Gasteiger partial charge in [-0.05, 0) is 43.2 Å². The Hall–Kier alpha value is -2.26. The third kappa shape index (κ3) is 2.45. The smallest absolute Gasteiger partial charge is 0.246 e. The molecule has 5 heterocycles. The molecule has 8 nitrogen and oxygen atoms in total. The summed E-state index contributed by atoms with van der Waals surface area (Å²) in [6.45, 7) is 1.89. The Labute approximate surface area is 151 Å². The van der Waals surface area contributed by atoms with Crippen LogP contribution in [0.15, 0.2) is 35.7 Å². The molecule has 9 heteroatoms. The molecule has 2 aliphatic heterocycles. The van der Waals surface area contributed by atoms with E-state index in [2.05, 4.69) is 21.2 Å². The lowest BCUT2D eigenvalue weighted by atomic mass is 9.91. The van der Waals surface area contributed by atoms with Crippen LogP contribution in [-0.4, -0.2) is 50.2 Å². The molecular formula is C17H20N6O2S. The van der Waals surface area contributed by atoms with Crippen molar-refractivity contribution in [3.63, 3.8) is 0 Å². The van der Waals surface area contributed by atoms with Gasteiger partial charge in [-0.1, -0.05) is 6.07 Å². The first-order valence-corrected chi connectivity index (χ1v) is 10.4. The quantitative estimate of drug-likeness (QED) is 0.694. The summed E-state index contributed by atoms with van der Waals surface area (Å²) in [4.78, 5) is 4.56. The molecule has 0 atom stereocenters. The molecule has 0 saturated carbocycles. The van der Waals surface area contributed by atoms with Gasteiger partial charge in [0.2, 0.25) is 10.0 Å². The van der Waals surface area contributed by atoms with Crippen LogP contribution in [-0.2, 0) is 23.0 Å². The van der Waals surface area contributed by atoms with Gasteiger partial charge < -0.3 is 0 Å². The molecule has 1 fully saturated rings. The third-order valence-electron chi connectivity index (χ3n) is 5.53. The molecule has 2 aliphatic rings. The molecule has 0 aliphatic carbocycles. The second-order valence-electron chi connectivity index (χ2n) is 6.99. The number of hydrogen-bond donors (Lipinski definition) is 0. The van der Waals surface area contributed by atoms with Gasteiger partial charge in [-0.2, -0.15) is 14.5 Å². The third-order valence-corrected chi connectivity index (χ3v) is 7.48. The number of fused-ring (bicyclic) bond motifs is 2. The number of piperidine rings is 1. The lowest BCUT2D eigenvalue weighted by Gasteiger charge is -2.31. The Kier molecular flexibility index (Phi) is 3.61. The first-order valence-electron chi connectivity index (χ1n) is 8.97. The Balaban J connectivity index is 1.34. The van der Waals surface area contributed by atoms with E-state index in [9.17, 15) is 8.42 Å². The van der Waals surface area contributed by atoms with Crippen molar-refractivity contribution in [3.8, 4) is 0 Å². The summed E-state index contributed by atoms with van der Waals surface area (Å²) >= 11 is 0. The number of nitrogens with zero attached hydrogens (tertiary/aromatic N) is 6. The zero-order valence-corrected chi connectivity index (χ0v) is 15.1. The van der Waals surface area contributed by atoms with E-state index < -0.39 is 10.0 Å². The summed E-state index contributed by atoms with van der Waals surface area (Å²) in [6.07, 6.45) is 8.45. The lowest BCUT2D eigenvalue weighted by molar-refractivity contribution is 0.319. The fourth-order valence-corrected chi connectivity index (χ4v) is 5.75. The molecule has 0 spiro atoms. The van der Waals surface area contributed by atoms with Gasteiger partial charge >= 0.3 is 0 Å². The highest BCUT2D eigenvalue weighted by Crippen LogP contribution is 2.32. The van der Waals surface area contributed by atoms with Gasteiger partial charge in [0.05, 0.1) is 11.9 Å². The minimum Gasteiger partial charge on any atom is -0.268 e. The van der Waals surface area contributed by atoms with Crippen molar-refractivity contribution in [2.75, 3.05) is 13.1 Å². The van der Waals surface area contributed by atoms with Gasteiger partial charge in [0.15, 0.2) is 5.65 Å². The second kappa shape index (κ2) is 5.88. The standard InChI is InChI=1S/C17H20N6O2S/c24-26(25,16-10-19-22-7-1-2-15(16)22)21-8-5-13(6-9-21)14-3-4-17-18-12-20-23(17)11-14/h3-4,10-13H,1-2,5-9H2. The average molecular weight is 372 g/mol. The molecule has 136 valence electrons. The lowest BCUT2D eigenvalue weighted by Crippen LogP contribution is -2.38. The second-order valence-corrected chi connectivity index (χ2v) is 8.89. The Bertz CT molecular complexity index is 1060. The molecular weight excluding hydrogens is 352 g/mol. The van der Waals surface area contributed by atoms with Crippen LogP contribution in [0.25, 0.3) is 5.65 Å². The van der Waals surface area contributed by atoms with Crippen LogP contribution in [0, 0.1) is 0 Å². The minimum absolute atomic E-state index is 0.341. The number of pyridine rings is 1. The highest BCUT2D eigenvalue weighted by atomic mass is 32.2. The summed E-state index contributed by atoms with van der Waals surface area (Å²) in [7, 11) is -3.45. The minimum atomic E-state index is -3.45. The molecule has 3 aromatic heterocycles. The largest absolute Gasteiger partial charge is 0.268 e. The summed E-state index contributed by atoms with van der Waals surface area (Å²) in [5.74, 6) is 0.341. The van der Waals surface area contributed by atoms with Crippen LogP contribution in [0.4, 0.5) is 0 Å². The molecule has 0 N–H and O–H groups in total. The van der Waals surface area contributed by atoms with E-state index in [0.717, 1.165) is 43.6 Å². The highest BCUT2D eigenvalue weighted by Gasteiger charge is 2.34. The maximum absolute atomic E-state index is 13.0. The molecule has 5 rings (SSSR count). The predicted molar refractivity (Wildman–Crippen MR) is 94.3 cm³/mol. The maximum atomic E-state index is 13.0.